The number of hydrogen-bond acceptors (Lipinski definition) is 2. The number of rotatable bonds is 1. The first-order chi connectivity index (χ1) is 5.52. The van der Waals surface area contributed by atoms with Crippen molar-refractivity contribution in [3.05, 3.63) is 27.7 Å². The molecule has 0 aliphatic rings. The topological polar surface area (TPSA) is 38.9 Å². The minimum absolute atomic E-state index is 0. The largest absolute Gasteiger partial charge is 0.324 e. The van der Waals surface area contributed by atoms with Crippen LogP contribution in [0.1, 0.15) is 24.2 Å². The first kappa shape index (κ1) is 16.5. The Morgan fingerprint density at radius 2 is 2.00 bits per heavy atom. The van der Waals surface area contributed by atoms with E-state index < -0.39 is 0 Å². The lowest BCUT2D eigenvalue weighted by Crippen LogP contribution is -2.09. The SMILES string of the molecule is Cc1nc(Br)c(F)cc1[C@H](C)N.Cl.Cl. The molecule has 6 heteroatoms. The van der Waals surface area contributed by atoms with Crippen molar-refractivity contribution in [2.45, 2.75) is 19.9 Å². The van der Waals surface area contributed by atoms with Crippen LogP contribution >= 0.6 is 40.7 Å². The van der Waals surface area contributed by atoms with Crippen LogP contribution in [0.25, 0.3) is 0 Å². The van der Waals surface area contributed by atoms with Gasteiger partial charge < -0.3 is 5.73 Å². The number of pyridine rings is 1. The molecule has 14 heavy (non-hydrogen) atoms. The Kier molecular flexibility index (Phi) is 7.74. The molecule has 0 radical (unpaired) electrons. The smallest absolute Gasteiger partial charge is 0.156 e. The van der Waals surface area contributed by atoms with Crippen molar-refractivity contribution >= 4 is 40.7 Å². The Morgan fingerprint density at radius 3 is 2.43 bits per heavy atom. The molecule has 2 N–H and O–H groups in total. The molecule has 1 atom stereocenters. The van der Waals surface area contributed by atoms with Crippen LogP contribution < -0.4 is 5.73 Å². The number of hydrogen-bond donors (Lipinski definition) is 1. The molecule has 0 amide bonds. The third-order valence-electron chi connectivity index (χ3n) is 1.65. The molecule has 0 bridgehead atoms. The van der Waals surface area contributed by atoms with Gasteiger partial charge in [-0.15, -0.1) is 24.8 Å². The summed E-state index contributed by atoms with van der Waals surface area (Å²) in [6.45, 7) is 3.61. The van der Waals surface area contributed by atoms with Gasteiger partial charge in [0, 0.05) is 11.7 Å². The van der Waals surface area contributed by atoms with E-state index in [1.807, 2.05) is 6.92 Å². The zero-order valence-corrected chi connectivity index (χ0v) is 11.0. The fourth-order valence-electron chi connectivity index (χ4n) is 1.03. The van der Waals surface area contributed by atoms with Gasteiger partial charge in [-0.05, 0) is 41.4 Å². The van der Waals surface area contributed by atoms with Gasteiger partial charge in [0.2, 0.25) is 0 Å². The van der Waals surface area contributed by atoms with Crippen molar-refractivity contribution in [3.63, 3.8) is 0 Å². The highest BCUT2D eigenvalue weighted by Crippen LogP contribution is 2.19. The van der Waals surface area contributed by atoms with Crippen molar-refractivity contribution in [3.8, 4) is 0 Å². The predicted molar refractivity (Wildman–Crippen MR) is 63.7 cm³/mol. The highest BCUT2D eigenvalue weighted by Gasteiger charge is 2.09. The highest BCUT2D eigenvalue weighted by molar-refractivity contribution is 9.10. The lowest BCUT2D eigenvalue weighted by atomic mass is 10.1. The summed E-state index contributed by atoms with van der Waals surface area (Å²) < 4.78 is 13.2. The van der Waals surface area contributed by atoms with Crippen molar-refractivity contribution in [2.75, 3.05) is 0 Å². The second-order valence-electron chi connectivity index (χ2n) is 2.72. The molecule has 0 fully saturated rings. The summed E-state index contributed by atoms with van der Waals surface area (Å²) in [5.41, 5.74) is 7.12. The Hall–Kier alpha value is 0.1000. The van der Waals surface area contributed by atoms with E-state index in [1.54, 1.807) is 6.92 Å². The maximum absolute atomic E-state index is 13.0. The zero-order chi connectivity index (χ0) is 9.30. The van der Waals surface area contributed by atoms with Crippen molar-refractivity contribution in [1.29, 1.82) is 0 Å². The van der Waals surface area contributed by atoms with E-state index >= 15 is 0 Å². The summed E-state index contributed by atoms with van der Waals surface area (Å²) in [4.78, 5) is 3.96. The Labute approximate surface area is 103 Å². The first-order valence-corrected chi connectivity index (χ1v) is 4.39. The second kappa shape index (κ2) is 6.56. The van der Waals surface area contributed by atoms with Gasteiger partial charge in [-0.3, -0.25) is 0 Å². The van der Waals surface area contributed by atoms with E-state index in [2.05, 4.69) is 20.9 Å². The average molecular weight is 306 g/mol. The van der Waals surface area contributed by atoms with Crippen LogP contribution in [0.15, 0.2) is 10.7 Å². The van der Waals surface area contributed by atoms with Crippen LogP contribution in [0.4, 0.5) is 4.39 Å². The van der Waals surface area contributed by atoms with Crippen LogP contribution in [-0.2, 0) is 0 Å². The van der Waals surface area contributed by atoms with Crippen molar-refractivity contribution in [2.24, 2.45) is 5.73 Å². The highest BCUT2D eigenvalue weighted by atomic mass is 79.9. The third kappa shape index (κ3) is 3.69. The van der Waals surface area contributed by atoms with Gasteiger partial charge >= 0.3 is 0 Å². The Morgan fingerprint density at radius 1 is 1.50 bits per heavy atom. The minimum atomic E-state index is -0.368. The lowest BCUT2D eigenvalue weighted by Gasteiger charge is -2.09. The van der Waals surface area contributed by atoms with Crippen LogP contribution in [0.5, 0.6) is 0 Å². The summed E-state index contributed by atoms with van der Waals surface area (Å²) in [5.74, 6) is -0.368. The average Bonchev–Trinajstić information content (AvgIpc) is 1.96. The number of aryl methyl sites for hydroxylation is 1. The van der Waals surface area contributed by atoms with Crippen molar-refractivity contribution in [1.82, 2.24) is 4.98 Å². The normalized spacial score (nSPS) is 11.2. The molecule has 0 aliphatic heterocycles. The van der Waals surface area contributed by atoms with Crippen LogP contribution in [-0.4, -0.2) is 4.98 Å². The molecule has 0 saturated heterocycles. The molecule has 0 aromatic carbocycles. The number of nitrogens with zero attached hydrogens (tertiary/aromatic N) is 1. The van der Waals surface area contributed by atoms with Gasteiger partial charge in [0.05, 0.1) is 0 Å². The number of halogens is 4. The fraction of sp³-hybridized carbons (Fsp3) is 0.375. The Balaban J connectivity index is 0. The molecule has 82 valence electrons. The third-order valence-corrected chi connectivity index (χ3v) is 2.21. The molecule has 1 heterocycles. The lowest BCUT2D eigenvalue weighted by molar-refractivity contribution is 0.604. The quantitative estimate of drug-likeness (QED) is 0.810. The van der Waals surface area contributed by atoms with E-state index in [0.717, 1.165) is 11.3 Å². The molecule has 0 saturated carbocycles. The van der Waals surface area contributed by atoms with Crippen LogP contribution in [0, 0.1) is 12.7 Å². The van der Waals surface area contributed by atoms with Crippen LogP contribution in [0.3, 0.4) is 0 Å². The van der Waals surface area contributed by atoms with Crippen molar-refractivity contribution < 1.29 is 4.39 Å². The predicted octanol–water partition coefficient (Wildman–Crippen LogP) is 3.15. The zero-order valence-electron chi connectivity index (χ0n) is 7.75. The van der Waals surface area contributed by atoms with Gasteiger partial charge in [0.15, 0.2) is 5.82 Å². The summed E-state index contributed by atoms with van der Waals surface area (Å²) in [7, 11) is 0. The van der Waals surface area contributed by atoms with E-state index in [0.29, 0.717) is 0 Å². The Bertz CT molecular complexity index is 308. The standard InChI is InChI=1S/C8H10BrFN2.2ClH/c1-4(11)6-3-7(10)8(9)12-5(6)2;;/h3-4H,11H2,1-2H3;2*1H/t4-;;/m0../s1. The van der Waals surface area contributed by atoms with E-state index in [-0.39, 0.29) is 41.3 Å². The van der Waals surface area contributed by atoms with E-state index in [4.69, 9.17) is 5.73 Å². The van der Waals surface area contributed by atoms with Gasteiger partial charge in [-0.1, -0.05) is 0 Å². The maximum Gasteiger partial charge on any atom is 0.156 e. The van der Waals surface area contributed by atoms with Gasteiger partial charge in [-0.2, -0.15) is 0 Å². The second-order valence-corrected chi connectivity index (χ2v) is 3.48. The molecule has 2 nitrogen and oxygen atoms in total. The van der Waals surface area contributed by atoms with Gasteiger partial charge in [-0.25, -0.2) is 9.37 Å². The van der Waals surface area contributed by atoms with E-state index in [9.17, 15) is 4.39 Å². The number of nitrogens with two attached hydrogens (primary N) is 1. The maximum atomic E-state index is 13.0. The molecule has 1 aromatic rings. The number of aromatic nitrogens is 1. The molecule has 0 spiro atoms. The summed E-state index contributed by atoms with van der Waals surface area (Å²) in [6, 6.07) is 1.23. The molecular formula is C8H12BrCl2FN2. The fourth-order valence-corrected chi connectivity index (χ4v) is 1.41. The summed E-state index contributed by atoms with van der Waals surface area (Å²) >= 11 is 3.00. The molecule has 0 aliphatic carbocycles. The minimum Gasteiger partial charge on any atom is -0.324 e. The molecular weight excluding hydrogens is 294 g/mol. The summed E-state index contributed by atoms with van der Waals surface area (Å²) in [6.07, 6.45) is 0. The molecule has 1 rings (SSSR count). The molecule has 0 unspecified atom stereocenters. The van der Waals surface area contributed by atoms with Crippen LogP contribution in [0.2, 0.25) is 0 Å². The molecule has 1 aromatic heterocycles. The summed E-state index contributed by atoms with van der Waals surface area (Å²) in [5, 5.41) is 0. The monoisotopic (exact) mass is 304 g/mol. The van der Waals surface area contributed by atoms with E-state index in [1.165, 1.54) is 6.07 Å². The van der Waals surface area contributed by atoms with Gasteiger partial charge in [0.25, 0.3) is 0 Å². The van der Waals surface area contributed by atoms with Gasteiger partial charge in [0.1, 0.15) is 4.60 Å². The first-order valence-electron chi connectivity index (χ1n) is 3.60.